The van der Waals surface area contributed by atoms with Gasteiger partial charge < -0.3 is 15.2 Å². The molecule has 0 aliphatic rings. The molecule has 0 aliphatic heterocycles. The van der Waals surface area contributed by atoms with Crippen LogP contribution in [0.5, 0.6) is 0 Å². The predicted molar refractivity (Wildman–Crippen MR) is 89.6 cm³/mol. The van der Waals surface area contributed by atoms with Gasteiger partial charge in [0.25, 0.3) is 0 Å². The number of hydrogen-bond donors (Lipinski definition) is 2. The van der Waals surface area contributed by atoms with Crippen LogP contribution in [0.15, 0.2) is 18.2 Å². The van der Waals surface area contributed by atoms with Gasteiger partial charge in [-0.05, 0) is 38.8 Å². The van der Waals surface area contributed by atoms with Crippen LogP contribution in [0.25, 0.3) is 0 Å². The molecule has 0 aliphatic carbocycles. The first kappa shape index (κ1) is 19.1. The normalized spacial score (nSPS) is 14.3. The standard InChI is InChI=1S/C16H23Cl2NO3/c1-15(2,3)22-14(21)19-9-16(4,10-20)8-11-6-5-7-12(17)13(11)18/h5-7,20H,8-10H2,1-4H3,(H,19,21). The Bertz CT molecular complexity index is 529. The number of hydrogen-bond acceptors (Lipinski definition) is 3. The summed E-state index contributed by atoms with van der Waals surface area (Å²) in [4.78, 5) is 11.7. The molecular weight excluding hydrogens is 325 g/mol. The van der Waals surface area contributed by atoms with Gasteiger partial charge in [0.1, 0.15) is 5.60 Å². The molecule has 0 heterocycles. The molecule has 0 bridgehead atoms. The van der Waals surface area contributed by atoms with Crippen molar-refractivity contribution in [3.63, 3.8) is 0 Å². The van der Waals surface area contributed by atoms with E-state index in [9.17, 15) is 9.90 Å². The molecule has 2 N–H and O–H groups in total. The molecule has 0 radical (unpaired) electrons. The van der Waals surface area contributed by atoms with Gasteiger partial charge in [0.05, 0.1) is 16.7 Å². The van der Waals surface area contributed by atoms with E-state index in [0.29, 0.717) is 16.5 Å². The monoisotopic (exact) mass is 347 g/mol. The number of halogens is 2. The molecule has 0 aromatic heterocycles. The maximum Gasteiger partial charge on any atom is 0.407 e. The number of alkyl carbamates (subject to hydrolysis) is 1. The molecule has 0 fully saturated rings. The van der Waals surface area contributed by atoms with Crippen molar-refractivity contribution in [3.05, 3.63) is 33.8 Å². The van der Waals surface area contributed by atoms with Crippen LogP contribution in [-0.4, -0.2) is 30.0 Å². The summed E-state index contributed by atoms with van der Waals surface area (Å²) in [5.74, 6) is 0. The summed E-state index contributed by atoms with van der Waals surface area (Å²) in [5, 5.41) is 13.3. The number of carbonyl (C=O) groups excluding carboxylic acids is 1. The molecule has 0 saturated carbocycles. The third kappa shape index (κ3) is 6.03. The van der Waals surface area contributed by atoms with Gasteiger partial charge >= 0.3 is 6.09 Å². The van der Waals surface area contributed by atoms with Crippen molar-refractivity contribution in [2.75, 3.05) is 13.2 Å². The highest BCUT2D eigenvalue weighted by Crippen LogP contribution is 2.31. The van der Waals surface area contributed by atoms with Crippen molar-refractivity contribution < 1.29 is 14.6 Å². The zero-order chi connectivity index (χ0) is 17.0. The minimum atomic E-state index is -0.564. The number of rotatable bonds is 5. The van der Waals surface area contributed by atoms with Gasteiger partial charge in [0, 0.05) is 12.0 Å². The van der Waals surface area contributed by atoms with Crippen molar-refractivity contribution >= 4 is 29.3 Å². The average molecular weight is 348 g/mol. The summed E-state index contributed by atoms with van der Waals surface area (Å²) in [5.41, 5.74) is -0.294. The fraction of sp³-hybridized carbons (Fsp3) is 0.562. The van der Waals surface area contributed by atoms with E-state index < -0.39 is 17.1 Å². The van der Waals surface area contributed by atoms with Crippen LogP contribution in [0.2, 0.25) is 10.0 Å². The van der Waals surface area contributed by atoms with Gasteiger partial charge in [-0.1, -0.05) is 42.3 Å². The number of carbonyl (C=O) groups is 1. The van der Waals surface area contributed by atoms with Gasteiger partial charge in [0.2, 0.25) is 0 Å². The maximum absolute atomic E-state index is 11.7. The highest BCUT2D eigenvalue weighted by molar-refractivity contribution is 6.42. The second-order valence-electron chi connectivity index (χ2n) is 6.71. The lowest BCUT2D eigenvalue weighted by Gasteiger charge is -2.29. The van der Waals surface area contributed by atoms with Gasteiger partial charge in [-0.3, -0.25) is 0 Å². The van der Waals surface area contributed by atoms with E-state index in [1.54, 1.807) is 26.8 Å². The van der Waals surface area contributed by atoms with E-state index in [4.69, 9.17) is 27.9 Å². The van der Waals surface area contributed by atoms with E-state index in [-0.39, 0.29) is 13.2 Å². The number of aliphatic hydroxyl groups excluding tert-OH is 1. The zero-order valence-electron chi connectivity index (χ0n) is 13.4. The smallest absolute Gasteiger partial charge is 0.407 e. The minimum absolute atomic E-state index is 0.106. The molecule has 124 valence electrons. The largest absolute Gasteiger partial charge is 0.444 e. The summed E-state index contributed by atoms with van der Waals surface area (Å²) in [7, 11) is 0. The molecule has 1 unspecified atom stereocenters. The summed E-state index contributed by atoms with van der Waals surface area (Å²) in [6, 6.07) is 5.38. The number of benzene rings is 1. The summed E-state index contributed by atoms with van der Waals surface area (Å²) >= 11 is 12.2. The second-order valence-corrected chi connectivity index (χ2v) is 7.50. The van der Waals surface area contributed by atoms with Crippen LogP contribution in [0.4, 0.5) is 4.79 Å². The highest BCUT2D eigenvalue weighted by Gasteiger charge is 2.27. The Morgan fingerprint density at radius 1 is 1.27 bits per heavy atom. The fourth-order valence-electron chi connectivity index (χ4n) is 1.92. The maximum atomic E-state index is 11.7. The Morgan fingerprint density at radius 3 is 2.45 bits per heavy atom. The van der Waals surface area contributed by atoms with Crippen molar-refractivity contribution in [2.24, 2.45) is 5.41 Å². The lowest BCUT2D eigenvalue weighted by molar-refractivity contribution is 0.0478. The molecule has 1 rings (SSSR count). The SMILES string of the molecule is CC(CO)(CNC(=O)OC(C)(C)C)Cc1cccc(Cl)c1Cl. The zero-order valence-corrected chi connectivity index (χ0v) is 14.9. The number of ether oxygens (including phenoxy) is 1. The Morgan fingerprint density at radius 2 is 1.91 bits per heavy atom. The number of nitrogens with one attached hydrogen (secondary N) is 1. The fourth-order valence-corrected chi connectivity index (χ4v) is 2.31. The number of amides is 1. The molecule has 0 spiro atoms. The van der Waals surface area contributed by atoms with Crippen LogP contribution < -0.4 is 5.32 Å². The van der Waals surface area contributed by atoms with Crippen LogP contribution in [0, 0.1) is 5.41 Å². The summed E-state index contributed by atoms with van der Waals surface area (Å²) in [6.45, 7) is 7.41. The van der Waals surface area contributed by atoms with E-state index in [1.165, 1.54) is 0 Å². The highest BCUT2D eigenvalue weighted by atomic mass is 35.5. The molecule has 1 aromatic carbocycles. The first-order valence-electron chi connectivity index (χ1n) is 7.07. The van der Waals surface area contributed by atoms with Crippen LogP contribution >= 0.6 is 23.2 Å². The van der Waals surface area contributed by atoms with Crippen molar-refractivity contribution in [3.8, 4) is 0 Å². The van der Waals surface area contributed by atoms with Crippen molar-refractivity contribution in [1.82, 2.24) is 5.32 Å². The molecule has 22 heavy (non-hydrogen) atoms. The average Bonchev–Trinajstić information content (AvgIpc) is 2.40. The van der Waals surface area contributed by atoms with Gasteiger partial charge in [-0.25, -0.2) is 4.79 Å². The Hall–Kier alpha value is -0.970. The summed E-state index contributed by atoms with van der Waals surface area (Å²) < 4.78 is 5.19. The molecule has 0 saturated heterocycles. The van der Waals surface area contributed by atoms with Crippen LogP contribution in [0.3, 0.4) is 0 Å². The van der Waals surface area contributed by atoms with E-state index >= 15 is 0 Å². The first-order valence-corrected chi connectivity index (χ1v) is 7.82. The van der Waals surface area contributed by atoms with Gasteiger partial charge in [0.15, 0.2) is 0 Å². The van der Waals surface area contributed by atoms with E-state index in [0.717, 1.165) is 5.56 Å². The molecular formula is C16H23Cl2NO3. The molecule has 1 aromatic rings. The van der Waals surface area contributed by atoms with Crippen molar-refractivity contribution in [1.29, 1.82) is 0 Å². The molecule has 4 nitrogen and oxygen atoms in total. The predicted octanol–water partition coefficient (Wildman–Crippen LogP) is 4.06. The van der Waals surface area contributed by atoms with E-state index in [1.807, 2.05) is 19.1 Å². The van der Waals surface area contributed by atoms with Gasteiger partial charge in [-0.2, -0.15) is 0 Å². The molecule has 1 amide bonds. The molecule has 1 atom stereocenters. The second kappa shape index (κ2) is 7.53. The van der Waals surface area contributed by atoms with Gasteiger partial charge in [-0.15, -0.1) is 0 Å². The minimum Gasteiger partial charge on any atom is -0.444 e. The van der Waals surface area contributed by atoms with Crippen LogP contribution in [-0.2, 0) is 11.2 Å². The quantitative estimate of drug-likeness (QED) is 0.844. The topological polar surface area (TPSA) is 58.6 Å². The first-order chi connectivity index (χ1) is 10.1. The lowest BCUT2D eigenvalue weighted by atomic mass is 9.84. The lowest BCUT2D eigenvalue weighted by Crippen LogP contribution is -2.41. The van der Waals surface area contributed by atoms with Crippen molar-refractivity contribution in [2.45, 2.75) is 39.7 Å². The Labute approximate surface area is 141 Å². The third-order valence-electron chi connectivity index (χ3n) is 3.09. The third-order valence-corrected chi connectivity index (χ3v) is 3.95. The van der Waals surface area contributed by atoms with Crippen LogP contribution in [0.1, 0.15) is 33.3 Å². The summed E-state index contributed by atoms with van der Waals surface area (Å²) in [6.07, 6.45) is -0.0250. The molecule has 6 heteroatoms. The Kier molecular flexibility index (Phi) is 6.53. The Balaban J connectivity index is 2.72. The number of aliphatic hydroxyl groups is 1. The van der Waals surface area contributed by atoms with E-state index in [2.05, 4.69) is 5.32 Å².